The summed E-state index contributed by atoms with van der Waals surface area (Å²) >= 11 is 6.85. The number of nitrogens with one attached hydrogen (secondary N) is 2. The van der Waals surface area contributed by atoms with Gasteiger partial charge in [0.15, 0.2) is 10.6 Å². The lowest BCUT2D eigenvalue weighted by molar-refractivity contribution is -0.124. The fourth-order valence-corrected chi connectivity index (χ4v) is 3.45. The van der Waals surface area contributed by atoms with E-state index in [9.17, 15) is 4.79 Å². The van der Waals surface area contributed by atoms with Crippen molar-refractivity contribution in [1.82, 2.24) is 20.1 Å². The Balaban J connectivity index is 1.82. The number of hydrogen-bond acceptors (Lipinski definition) is 5. The molecule has 6 nitrogen and oxygen atoms in total. The van der Waals surface area contributed by atoms with E-state index in [1.807, 2.05) is 43.5 Å². The predicted octanol–water partition coefficient (Wildman–Crippen LogP) is 4.01. The summed E-state index contributed by atoms with van der Waals surface area (Å²) in [6.45, 7) is 5.56. The predicted molar refractivity (Wildman–Crippen MR) is 95.4 cm³/mol. The van der Waals surface area contributed by atoms with Gasteiger partial charge in [-0.15, -0.1) is 11.3 Å². The van der Waals surface area contributed by atoms with Crippen LogP contribution >= 0.6 is 23.6 Å². The summed E-state index contributed by atoms with van der Waals surface area (Å²) in [6.07, 6.45) is 0. The standard InChI is InChI=1S/C16H18N4O2S2/c1-9-6-7-12(22-9)10(2)17-15(21)11(3)20-14(18-19-16(20)23)13-5-4-8-24-13/h4-8,10-11H,1-3H3,(H,17,21)(H,19,23)/t10-,11-/m1/s1. The lowest BCUT2D eigenvalue weighted by Crippen LogP contribution is -2.33. The van der Waals surface area contributed by atoms with Gasteiger partial charge in [-0.25, -0.2) is 0 Å². The molecule has 0 bridgehead atoms. The number of aromatic amines is 1. The Hall–Kier alpha value is -2.19. The number of nitrogens with zero attached hydrogens (tertiary/aromatic N) is 2. The van der Waals surface area contributed by atoms with Crippen molar-refractivity contribution in [3.8, 4) is 10.7 Å². The highest BCUT2D eigenvalue weighted by atomic mass is 32.1. The Kier molecular flexibility index (Phi) is 4.68. The third-order valence-corrected chi connectivity index (χ3v) is 4.91. The lowest BCUT2D eigenvalue weighted by Gasteiger charge is -2.18. The summed E-state index contributed by atoms with van der Waals surface area (Å²) in [6, 6.07) is 6.92. The minimum atomic E-state index is -0.494. The Morgan fingerprint density at radius 3 is 2.83 bits per heavy atom. The number of furan rings is 1. The summed E-state index contributed by atoms with van der Waals surface area (Å²) in [5.74, 6) is 2.06. The number of rotatable bonds is 5. The second-order valence-electron chi connectivity index (χ2n) is 5.55. The van der Waals surface area contributed by atoms with Crippen LogP contribution in [0.3, 0.4) is 0 Å². The van der Waals surface area contributed by atoms with Crippen LogP contribution in [0, 0.1) is 11.7 Å². The first-order valence-corrected chi connectivity index (χ1v) is 8.83. The molecule has 3 aromatic rings. The van der Waals surface area contributed by atoms with Crippen LogP contribution in [-0.4, -0.2) is 20.7 Å². The van der Waals surface area contributed by atoms with Gasteiger partial charge < -0.3 is 9.73 Å². The van der Waals surface area contributed by atoms with E-state index >= 15 is 0 Å². The Labute approximate surface area is 148 Å². The van der Waals surface area contributed by atoms with Crippen molar-refractivity contribution in [3.63, 3.8) is 0 Å². The first-order valence-electron chi connectivity index (χ1n) is 7.55. The highest BCUT2D eigenvalue weighted by molar-refractivity contribution is 7.71. The molecule has 24 heavy (non-hydrogen) atoms. The van der Waals surface area contributed by atoms with Crippen LogP contribution in [-0.2, 0) is 4.79 Å². The van der Waals surface area contributed by atoms with Gasteiger partial charge in [-0.1, -0.05) is 6.07 Å². The molecule has 3 rings (SSSR count). The minimum absolute atomic E-state index is 0.146. The molecule has 0 fully saturated rings. The Morgan fingerprint density at radius 2 is 2.21 bits per heavy atom. The van der Waals surface area contributed by atoms with E-state index in [0.29, 0.717) is 10.6 Å². The number of amides is 1. The molecule has 2 atom stereocenters. The molecule has 8 heteroatoms. The number of aryl methyl sites for hydroxylation is 1. The second kappa shape index (κ2) is 6.74. The van der Waals surface area contributed by atoms with Gasteiger partial charge in [-0.2, -0.15) is 5.10 Å². The van der Waals surface area contributed by atoms with Gasteiger partial charge in [0.05, 0.1) is 10.9 Å². The summed E-state index contributed by atoms with van der Waals surface area (Å²) in [5.41, 5.74) is 0. The minimum Gasteiger partial charge on any atom is -0.464 e. The van der Waals surface area contributed by atoms with Crippen LogP contribution in [0.2, 0.25) is 0 Å². The smallest absolute Gasteiger partial charge is 0.243 e. The number of H-pyrrole nitrogens is 1. The number of aromatic nitrogens is 3. The fourth-order valence-electron chi connectivity index (χ4n) is 2.45. The van der Waals surface area contributed by atoms with E-state index in [0.717, 1.165) is 16.4 Å². The van der Waals surface area contributed by atoms with Gasteiger partial charge in [0.1, 0.15) is 17.6 Å². The number of carbonyl (C=O) groups is 1. The maximum Gasteiger partial charge on any atom is 0.243 e. The average molecular weight is 362 g/mol. The highest BCUT2D eigenvalue weighted by Crippen LogP contribution is 2.26. The molecule has 1 amide bonds. The maximum atomic E-state index is 12.6. The molecule has 0 saturated carbocycles. The summed E-state index contributed by atoms with van der Waals surface area (Å²) in [7, 11) is 0. The van der Waals surface area contributed by atoms with Gasteiger partial charge in [0.25, 0.3) is 0 Å². The first-order chi connectivity index (χ1) is 11.5. The fraction of sp³-hybridized carbons (Fsp3) is 0.312. The molecular weight excluding hydrogens is 344 g/mol. The molecular formula is C16H18N4O2S2. The number of thiophene rings is 1. The van der Waals surface area contributed by atoms with Crippen LogP contribution < -0.4 is 5.32 Å². The van der Waals surface area contributed by atoms with Gasteiger partial charge in [-0.05, 0) is 56.6 Å². The van der Waals surface area contributed by atoms with E-state index in [1.54, 1.807) is 22.8 Å². The zero-order valence-corrected chi connectivity index (χ0v) is 15.2. The third-order valence-electron chi connectivity index (χ3n) is 3.76. The molecule has 0 spiro atoms. The monoisotopic (exact) mass is 362 g/mol. The third kappa shape index (κ3) is 3.20. The zero-order chi connectivity index (χ0) is 17.3. The molecule has 3 heterocycles. The molecule has 2 N–H and O–H groups in total. The lowest BCUT2D eigenvalue weighted by atomic mass is 10.2. The van der Waals surface area contributed by atoms with Crippen molar-refractivity contribution >= 4 is 29.5 Å². The highest BCUT2D eigenvalue weighted by Gasteiger charge is 2.23. The maximum absolute atomic E-state index is 12.6. The second-order valence-corrected chi connectivity index (χ2v) is 6.89. The van der Waals surface area contributed by atoms with Crippen molar-refractivity contribution in [3.05, 3.63) is 45.9 Å². The largest absolute Gasteiger partial charge is 0.464 e. The molecule has 0 aliphatic rings. The number of carbonyl (C=O) groups excluding carboxylic acids is 1. The molecule has 0 aliphatic carbocycles. The topological polar surface area (TPSA) is 75.8 Å². The van der Waals surface area contributed by atoms with E-state index in [4.69, 9.17) is 16.6 Å². The van der Waals surface area contributed by atoms with Crippen LogP contribution in [0.1, 0.15) is 37.5 Å². The SMILES string of the molecule is Cc1ccc([C@@H](C)NC(=O)[C@@H](C)n2c(-c3cccs3)n[nH]c2=S)o1. The van der Waals surface area contributed by atoms with Gasteiger partial charge >= 0.3 is 0 Å². The van der Waals surface area contributed by atoms with Crippen LogP contribution in [0.15, 0.2) is 34.1 Å². The van der Waals surface area contributed by atoms with Crippen molar-refractivity contribution in [2.24, 2.45) is 0 Å². The van der Waals surface area contributed by atoms with Crippen molar-refractivity contribution in [2.45, 2.75) is 32.9 Å². The van der Waals surface area contributed by atoms with Crippen molar-refractivity contribution in [2.75, 3.05) is 0 Å². The quantitative estimate of drug-likeness (QED) is 0.673. The molecule has 3 aromatic heterocycles. The van der Waals surface area contributed by atoms with Gasteiger partial charge in [0.2, 0.25) is 5.91 Å². The molecule has 0 radical (unpaired) electrons. The van der Waals surface area contributed by atoms with Crippen molar-refractivity contribution in [1.29, 1.82) is 0 Å². The van der Waals surface area contributed by atoms with Gasteiger partial charge in [-0.3, -0.25) is 14.5 Å². The van der Waals surface area contributed by atoms with E-state index in [1.165, 1.54) is 0 Å². The normalized spacial score (nSPS) is 13.6. The van der Waals surface area contributed by atoms with Crippen LogP contribution in [0.5, 0.6) is 0 Å². The van der Waals surface area contributed by atoms with Crippen molar-refractivity contribution < 1.29 is 9.21 Å². The molecule has 0 aliphatic heterocycles. The molecule has 126 valence electrons. The van der Waals surface area contributed by atoms with Crippen LogP contribution in [0.4, 0.5) is 0 Å². The summed E-state index contributed by atoms with van der Waals surface area (Å²) in [4.78, 5) is 13.6. The number of hydrogen-bond donors (Lipinski definition) is 2. The summed E-state index contributed by atoms with van der Waals surface area (Å²) in [5, 5.41) is 12.0. The van der Waals surface area contributed by atoms with Crippen LogP contribution in [0.25, 0.3) is 10.7 Å². The van der Waals surface area contributed by atoms with E-state index < -0.39 is 6.04 Å². The Bertz CT molecular complexity index is 891. The van der Waals surface area contributed by atoms with Gasteiger partial charge in [0, 0.05) is 0 Å². The summed E-state index contributed by atoms with van der Waals surface area (Å²) < 4.78 is 7.72. The zero-order valence-electron chi connectivity index (χ0n) is 13.6. The molecule has 0 aromatic carbocycles. The first kappa shape index (κ1) is 16.7. The van der Waals surface area contributed by atoms with E-state index in [-0.39, 0.29) is 11.9 Å². The molecule has 0 saturated heterocycles. The average Bonchev–Trinajstić information content (AvgIpc) is 3.26. The molecule has 0 unspecified atom stereocenters. The van der Waals surface area contributed by atoms with E-state index in [2.05, 4.69) is 15.5 Å². The Morgan fingerprint density at radius 1 is 1.42 bits per heavy atom.